The van der Waals surface area contributed by atoms with E-state index in [0.717, 1.165) is 22.6 Å². The van der Waals surface area contributed by atoms with Crippen molar-refractivity contribution in [2.45, 2.75) is 31.4 Å². The molecule has 0 saturated carbocycles. The second-order valence-electron chi connectivity index (χ2n) is 5.31. The third kappa shape index (κ3) is 1.96. The molecule has 0 unspecified atom stereocenters. The van der Waals surface area contributed by atoms with Crippen LogP contribution in [0.4, 0.5) is 0 Å². The summed E-state index contributed by atoms with van der Waals surface area (Å²) in [5.74, 6) is 0.421. The van der Waals surface area contributed by atoms with E-state index in [1.54, 1.807) is 11.3 Å². The number of hydrogen-bond acceptors (Lipinski definition) is 5. The van der Waals surface area contributed by atoms with Gasteiger partial charge in [0.1, 0.15) is 15.1 Å². The summed E-state index contributed by atoms with van der Waals surface area (Å²) in [4.78, 5) is 10.0. The minimum atomic E-state index is -0.258. The van der Waals surface area contributed by atoms with Crippen LogP contribution in [0.5, 0.6) is 0 Å². The molecule has 17 heavy (non-hydrogen) atoms. The Kier molecular flexibility index (Phi) is 2.83. The van der Waals surface area contributed by atoms with Gasteiger partial charge in [-0.05, 0) is 36.2 Å². The van der Waals surface area contributed by atoms with Crippen molar-refractivity contribution in [3.05, 3.63) is 15.0 Å². The fourth-order valence-electron chi connectivity index (χ4n) is 2.58. The summed E-state index contributed by atoms with van der Waals surface area (Å²) in [5, 5.41) is 3.04. The van der Waals surface area contributed by atoms with E-state index in [9.17, 15) is 0 Å². The molecule has 1 aromatic rings. The van der Waals surface area contributed by atoms with Crippen molar-refractivity contribution in [1.82, 2.24) is 10.5 Å². The van der Waals surface area contributed by atoms with Crippen molar-refractivity contribution in [3.8, 4) is 0 Å². The number of fused-ring (bicyclic) bond motifs is 1. The van der Waals surface area contributed by atoms with Crippen LogP contribution in [0.25, 0.3) is 0 Å². The van der Waals surface area contributed by atoms with E-state index in [0.29, 0.717) is 12.5 Å². The number of ether oxygens (including phenoxy) is 1. The Hall–Kier alpha value is -0.0100. The third-order valence-corrected chi connectivity index (χ3v) is 5.25. The second-order valence-corrected chi connectivity index (χ2v) is 6.98. The second kappa shape index (κ2) is 3.99. The lowest BCUT2D eigenvalue weighted by Crippen LogP contribution is -2.53. The molecule has 1 N–H and O–H groups in total. The van der Waals surface area contributed by atoms with Crippen LogP contribution in [0.1, 0.15) is 25.3 Å². The summed E-state index contributed by atoms with van der Waals surface area (Å²) in [6.07, 6.45) is 0.983. The van der Waals surface area contributed by atoms with Gasteiger partial charge in [0, 0.05) is 11.3 Å². The monoisotopic (exact) mass is 318 g/mol. The molecule has 0 aliphatic carbocycles. The average molecular weight is 319 g/mol. The average Bonchev–Trinajstić information content (AvgIpc) is 2.83. The normalized spacial score (nSPS) is 35.8. The number of thiazole rings is 1. The number of rotatable bonds is 1. The van der Waals surface area contributed by atoms with E-state index in [2.05, 4.69) is 40.2 Å². The molecule has 0 amide bonds. The number of halogens is 1. The third-order valence-electron chi connectivity index (χ3n) is 3.52. The Labute approximate surface area is 113 Å². The van der Waals surface area contributed by atoms with Gasteiger partial charge >= 0.3 is 0 Å². The fourth-order valence-corrected chi connectivity index (χ4v) is 4.04. The molecule has 4 nitrogen and oxygen atoms in total. The maximum atomic E-state index is 5.96. The molecule has 1 aromatic heterocycles. The van der Waals surface area contributed by atoms with Crippen LogP contribution < -0.4 is 5.48 Å². The van der Waals surface area contributed by atoms with Crippen molar-refractivity contribution in [2.24, 2.45) is 5.92 Å². The SMILES string of the molecule is CC1(C)C[C@@H]2CON[C@]2(c2nc(Br)cs2)CO1. The van der Waals surface area contributed by atoms with Crippen molar-refractivity contribution in [2.75, 3.05) is 13.2 Å². The van der Waals surface area contributed by atoms with Crippen LogP contribution in [0, 0.1) is 5.92 Å². The van der Waals surface area contributed by atoms with Crippen molar-refractivity contribution in [3.63, 3.8) is 0 Å². The van der Waals surface area contributed by atoms with Gasteiger partial charge in [0.2, 0.25) is 0 Å². The summed E-state index contributed by atoms with van der Waals surface area (Å²) in [6.45, 7) is 5.61. The van der Waals surface area contributed by atoms with Gasteiger partial charge < -0.3 is 9.57 Å². The predicted molar refractivity (Wildman–Crippen MR) is 68.7 cm³/mol. The first kappa shape index (κ1) is 12.0. The zero-order valence-corrected chi connectivity index (χ0v) is 12.2. The summed E-state index contributed by atoms with van der Waals surface area (Å²) in [7, 11) is 0. The quantitative estimate of drug-likeness (QED) is 0.863. The molecular formula is C11H15BrN2O2S. The van der Waals surface area contributed by atoms with E-state index in [4.69, 9.17) is 9.57 Å². The lowest BCUT2D eigenvalue weighted by atomic mass is 9.77. The molecule has 0 aromatic carbocycles. The first-order valence-corrected chi connectivity index (χ1v) is 7.34. The Morgan fingerprint density at radius 1 is 1.59 bits per heavy atom. The van der Waals surface area contributed by atoms with Gasteiger partial charge in [-0.1, -0.05) is 0 Å². The molecule has 3 heterocycles. The highest BCUT2D eigenvalue weighted by atomic mass is 79.9. The molecule has 3 rings (SSSR count). The maximum absolute atomic E-state index is 5.96. The van der Waals surface area contributed by atoms with Crippen LogP contribution in [0.2, 0.25) is 0 Å². The predicted octanol–water partition coefficient (Wildman–Crippen LogP) is 2.45. The highest BCUT2D eigenvalue weighted by Gasteiger charge is 2.53. The zero-order valence-electron chi connectivity index (χ0n) is 9.83. The van der Waals surface area contributed by atoms with E-state index in [1.165, 1.54) is 0 Å². The number of nitrogens with zero attached hydrogens (tertiary/aromatic N) is 1. The van der Waals surface area contributed by atoms with Gasteiger partial charge in [-0.15, -0.1) is 11.3 Å². The van der Waals surface area contributed by atoms with Crippen molar-refractivity contribution in [1.29, 1.82) is 0 Å². The molecule has 2 atom stereocenters. The summed E-state index contributed by atoms with van der Waals surface area (Å²) >= 11 is 5.05. The number of aromatic nitrogens is 1. The van der Waals surface area contributed by atoms with Gasteiger partial charge in [-0.2, -0.15) is 5.48 Å². The molecule has 0 spiro atoms. The van der Waals surface area contributed by atoms with Crippen molar-refractivity contribution >= 4 is 27.3 Å². The molecule has 2 aliphatic rings. The summed E-state index contributed by atoms with van der Waals surface area (Å²) < 4.78 is 6.83. The lowest BCUT2D eigenvalue weighted by Gasteiger charge is -2.43. The van der Waals surface area contributed by atoms with E-state index >= 15 is 0 Å². The number of hydrogen-bond donors (Lipinski definition) is 1. The Morgan fingerprint density at radius 3 is 3.12 bits per heavy atom. The minimum absolute atomic E-state index is 0.0714. The molecule has 2 aliphatic heterocycles. The molecule has 0 radical (unpaired) electrons. The maximum Gasteiger partial charge on any atom is 0.123 e. The Balaban J connectivity index is 1.95. The van der Waals surface area contributed by atoms with Crippen molar-refractivity contribution < 1.29 is 9.57 Å². The minimum Gasteiger partial charge on any atom is -0.373 e. The Morgan fingerprint density at radius 2 is 2.41 bits per heavy atom. The van der Waals surface area contributed by atoms with E-state index in [-0.39, 0.29) is 11.1 Å². The van der Waals surface area contributed by atoms with Crippen LogP contribution in [-0.4, -0.2) is 23.8 Å². The number of nitrogens with one attached hydrogen (secondary N) is 1. The molecule has 94 valence electrons. The fraction of sp³-hybridized carbons (Fsp3) is 0.727. The summed E-state index contributed by atoms with van der Waals surface area (Å²) in [5.41, 5.74) is 2.81. The molecule has 0 bridgehead atoms. The van der Waals surface area contributed by atoms with Crippen LogP contribution >= 0.6 is 27.3 Å². The molecular weight excluding hydrogens is 304 g/mol. The molecule has 2 fully saturated rings. The highest BCUT2D eigenvalue weighted by molar-refractivity contribution is 9.10. The highest BCUT2D eigenvalue weighted by Crippen LogP contribution is 2.45. The first-order valence-electron chi connectivity index (χ1n) is 5.66. The topological polar surface area (TPSA) is 43.4 Å². The standard InChI is InChI=1S/C11H15BrN2O2S/c1-10(2)3-7-4-16-14-11(7,6-15-10)9-13-8(12)5-17-9/h5,7,14H,3-4,6H2,1-2H3/t7-,11-/m1/s1. The largest absolute Gasteiger partial charge is 0.373 e. The van der Waals surface area contributed by atoms with Gasteiger partial charge in [-0.25, -0.2) is 4.98 Å². The van der Waals surface area contributed by atoms with E-state index in [1.807, 2.05) is 5.38 Å². The first-order chi connectivity index (χ1) is 8.02. The Bertz CT molecular complexity index is 437. The van der Waals surface area contributed by atoms with Gasteiger partial charge in [0.05, 0.1) is 18.8 Å². The zero-order chi connectivity index (χ0) is 12.1. The van der Waals surface area contributed by atoms with E-state index < -0.39 is 0 Å². The van der Waals surface area contributed by atoms with Gasteiger partial charge in [0.15, 0.2) is 0 Å². The van der Waals surface area contributed by atoms with Gasteiger partial charge in [0.25, 0.3) is 0 Å². The molecule has 6 heteroatoms. The lowest BCUT2D eigenvalue weighted by molar-refractivity contribution is -0.116. The summed E-state index contributed by atoms with van der Waals surface area (Å²) in [6, 6.07) is 0. The molecule has 2 saturated heterocycles. The van der Waals surface area contributed by atoms with Crippen LogP contribution in [0.3, 0.4) is 0 Å². The van der Waals surface area contributed by atoms with Crippen LogP contribution in [-0.2, 0) is 15.1 Å². The number of hydroxylamine groups is 1. The smallest absolute Gasteiger partial charge is 0.123 e. The van der Waals surface area contributed by atoms with Gasteiger partial charge in [-0.3, -0.25) is 0 Å². The van der Waals surface area contributed by atoms with Crippen LogP contribution in [0.15, 0.2) is 9.98 Å².